The number of carbonyl (C=O) groups is 3. The van der Waals surface area contributed by atoms with Crippen molar-refractivity contribution in [3.8, 4) is 16.9 Å². The molecule has 0 fully saturated rings. The average Bonchev–Trinajstić information content (AvgIpc) is 2.80. The van der Waals surface area contributed by atoms with Crippen LogP contribution in [-0.2, 0) is 11.8 Å². The summed E-state index contributed by atoms with van der Waals surface area (Å²) >= 11 is 0. The van der Waals surface area contributed by atoms with Gasteiger partial charge in [0, 0.05) is 30.9 Å². The van der Waals surface area contributed by atoms with E-state index in [1.54, 1.807) is 49.4 Å². The summed E-state index contributed by atoms with van der Waals surface area (Å²) in [4.78, 5) is 49.8. The molecule has 2 aromatic carbocycles. The summed E-state index contributed by atoms with van der Waals surface area (Å²) in [5.41, 5.74) is 1.71. The zero-order valence-electron chi connectivity index (χ0n) is 21.0. The van der Waals surface area contributed by atoms with Crippen molar-refractivity contribution in [2.24, 2.45) is 7.05 Å². The number of amides is 2. The van der Waals surface area contributed by atoms with Crippen molar-refractivity contribution in [3.05, 3.63) is 76.2 Å². The molecule has 0 atom stereocenters. The minimum atomic E-state index is -1.09. The molecule has 35 heavy (non-hydrogen) atoms. The molecular weight excluding hydrogens is 461 g/mol. The van der Waals surface area contributed by atoms with Gasteiger partial charge in [-0.25, -0.2) is 4.79 Å². The number of aromatic hydroxyl groups is 1. The van der Waals surface area contributed by atoms with Gasteiger partial charge in [-0.2, -0.15) is 0 Å². The van der Waals surface area contributed by atoms with Crippen molar-refractivity contribution in [1.82, 2.24) is 9.88 Å². The van der Waals surface area contributed by atoms with E-state index in [4.69, 9.17) is 5.11 Å². The standard InChI is InChI=1S/C25H25N3O6.Na.H/c1-15-14-27(3)24(33)22(23(15)32)28(25(34)26-11-10-21(30)31)20-9-5-8-19(13-20)18-7-4-6-17(12-18)16(2)29;;/h4-9,12-14,32H,10-11H2,1-3H3,(H,26,34)(H,30,31);;/q;+1;-1. The average molecular weight is 487 g/mol. The number of benzene rings is 2. The van der Waals surface area contributed by atoms with Gasteiger partial charge in [-0.1, -0.05) is 30.3 Å². The van der Waals surface area contributed by atoms with Crippen molar-refractivity contribution in [2.45, 2.75) is 20.3 Å². The van der Waals surface area contributed by atoms with Crippen LogP contribution < -0.4 is 45.3 Å². The van der Waals surface area contributed by atoms with Gasteiger partial charge < -0.3 is 21.5 Å². The minimum Gasteiger partial charge on any atom is -1.00 e. The van der Waals surface area contributed by atoms with Gasteiger partial charge in [0.15, 0.2) is 11.5 Å². The number of aliphatic carboxylic acids is 1. The monoisotopic (exact) mass is 487 g/mol. The number of carbonyl (C=O) groups excluding carboxylic acids is 2. The summed E-state index contributed by atoms with van der Waals surface area (Å²) in [6.07, 6.45) is 1.14. The van der Waals surface area contributed by atoms with Crippen LogP contribution in [-0.4, -0.2) is 39.1 Å². The fraction of sp³-hybridized carbons (Fsp3) is 0.200. The number of pyridine rings is 1. The number of nitrogens with zero attached hydrogens (tertiary/aromatic N) is 2. The van der Waals surface area contributed by atoms with Gasteiger partial charge in [-0.3, -0.25) is 19.3 Å². The Morgan fingerprint density at radius 3 is 2.34 bits per heavy atom. The number of carboxylic acids is 1. The van der Waals surface area contributed by atoms with Crippen LogP contribution in [0.1, 0.15) is 30.7 Å². The van der Waals surface area contributed by atoms with Gasteiger partial charge >= 0.3 is 41.6 Å². The van der Waals surface area contributed by atoms with Gasteiger partial charge in [0.1, 0.15) is 5.75 Å². The number of aryl methyl sites for hydroxylation is 2. The first-order chi connectivity index (χ1) is 16.1. The Hall–Kier alpha value is -3.40. The third kappa shape index (κ3) is 6.39. The maximum Gasteiger partial charge on any atom is 1.00 e. The van der Waals surface area contributed by atoms with Crippen LogP contribution in [0.2, 0.25) is 0 Å². The second kappa shape index (κ2) is 11.8. The number of hydrogen-bond donors (Lipinski definition) is 3. The third-order valence-electron chi connectivity index (χ3n) is 5.26. The van der Waals surface area contributed by atoms with Crippen LogP contribution in [0.25, 0.3) is 11.1 Å². The fourth-order valence-corrected chi connectivity index (χ4v) is 3.51. The smallest absolute Gasteiger partial charge is 1.00 e. The van der Waals surface area contributed by atoms with Gasteiger partial charge in [0.2, 0.25) is 0 Å². The number of carboxylic acid groups (broad SMARTS) is 1. The van der Waals surface area contributed by atoms with Crippen molar-refractivity contribution >= 4 is 29.2 Å². The van der Waals surface area contributed by atoms with Crippen molar-refractivity contribution in [2.75, 3.05) is 11.4 Å². The zero-order chi connectivity index (χ0) is 25.0. The molecule has 9 nitrogen and oxygen atoms in total. The molecule has 3 rings (SSSR count). The number of rotatable bonds is 7. The normalized spacial score (nSPS) is 10.3. The molecular formula is C25H26N3NaO6. The molecule has 0 aliphatic rings. The molecule has 10 heteroatoms. The Kier molecular flexibility index (Phi) is 9.41. The summed E-state index contributed by atoms with van der Waals surface area (Å²) in [6, 6.07) is 12.9. The number of urea groups is 1. The van der Waals surface area contributed by atoms with Crippen LogP contribution in [0.3, 0.4) is 0 Å². The van der Waals surface area contributed by atoms with Crippen molar-refractivity contribution in [3.63, 3.8) is 0 Å². The summed E-state index contributed by atoms with van der Waals surface area (Å²) in [6.45, 7) is 2.90. The second-order valence-electron chi connectivity index (χ2n) is 7.82. The predicted molar refractivity (Wildman–Crippen MR) is 129 cm³/mol. The fourth-order valence-electron chi connectivity index (χ4n) is 3.51. The molecule has 0 unspecified atom stereocenters. The first-order valence-corrected chi connectivity index (χ1v) is 10.5. The Morgan fingerprint density at radius 1 is 1.09 bits per heavy atom. The molecule has 0 spiro atoms. The van der Waals surface area contributed by atoms with E-state index in [2.05, 4.69) is 5.32 Å². The molecule has 0 saturated heterocycles. The summed E-state index contributed by atoms with van der Waals surface area (Å²) < 4.78 is 1.25. The first kappa shape index (κ1) is 27.8. The number of aromatic nitrogens is 1. The van der Waals surface area contributed by atoms with Crippen LogP contribution in [0.4, 0.5) is 16.2 Å². The maximum absolute atomic E-state index is 13.2. The molecule has 1 heterocycles. The second-order valence-corrected chi connectivity index (χ2v) is 7.82. The summed E-state index contributed by atoms with van der Waals surface area (Å²) in [7, 11) is 1.50. The number of hydrogen-bond acceptors (Lipinski definition) is 5. The number of ketones is 1. The van der Waals surface area contributed by atoms with Crippen LogP contribution >= 0.6 is 0 Å². The minimum absolute atomic E-state index is 0. The van der Waals surface area contributed by atoms with E-state index in [1.807, 2.05) is 6.07 Å². The van der Waals surface area contributed by atoms with E-state index in [9.17, 15) is 24.3 Å². The Balaban J connectivity index is 0.00000324. The van der Waals surface area contributed by atoms with E-state index in [-0.39, 0.29) is 66.9 Å². The molecule has 1 aromatic heterocycles. The van der Waals surface area contributed by atoms with Gasteiger partial charge in [-0.15, -0.1) is 0 Å². The van der Waals surface area contributed by atoms with Crippen LogP contribution in [0, 0.1) is 6.92 Å². The van der Waals surface area contributed by atoms with Crippen molar-refractivity contribution in [1.29, 1.82) is 0 Å². The first-order valence-electron chi connectivity index (χ1n) is 10.5. The molecule has 0 bridgehead atoms. The van der Waals surface area contributed by atoms with Gasteiger partial charge in [0.05, 0.1) is 12.1 Å². The largest absolute Gasteiger partial charge is 1.00 e. The van der Waals surface area contributed by atoms with E-state index in [0.717, 1.165) is 10.5 Å². The Morgan fingerprint density at radius 2 is 1.71 bits per heavy atom. The Labute approximate surface area is 225 Å². The molecule has 0 radical (unpaired) electrons. The molecule has 3 N–H and O–H groups in total. The number of Topliss-reactive ketones (excluding diaryl/α,β-unsaturated/α-hetero) is 1. The number of anilines is 2. The van der Waals surface area contributed by atoms with Gasteiger partial charge in [-0.05, 0) is 43.2 Å². The molecule has 3 aromatic rings. The van der Waals surface area contributed by atoms with E-state index in [1.165, 1.54) is 24.7 Å². The Bertz CT molecular complexity index is 1340. The summed E-state index contributed by atoms with van der Waals surface area (Å²) in [5.74, 6) is -1.54. The van der Waals surface area contributed by atoms with E-state index >= 15 is 0 Å². The molecule has 0 saturated carbocycles. The maximum atomic E-state index is 13.2. The van der Waals surface area contributed by atoms with Gasteiger partial charge in [0.25, 0.3) is 5.56 Å². The molecule has 0 aliphatic carbocycles. The third-order valence-corrected chi connectivity index (χ3v) is 5.26. The molecule has 2 amide bonds. The SMILES string of the molecule is CC(=O)c1cccc(-c2cccc(N(C(=O)NCCC(=O)O)c3c(O)c(C)cn(C)c3=O)c2)c1.[H-].[Na+]. The molecule has 178 valence electrons. The predicted octanol–water partition coefficient (Wildman–Crippen LogP) is 0.708. The topological polar surface area (TPSA) is 129 Å². The zero-order valence-corrected chi connectivity index (χ0v) is 22.0. The van der Waals surface area contributed by atoms with Crippen LogP contribution in [0.15, 0.2) is 59.5 Å². The quantitative estimate of drug-likeness (QED) is 0.333. The van der Waals surface area contributed by atoms with E-state index in [0.29, 0.717) is 16.7 Å². The van der Waals surface area contributed by atoms with Crippen LogP contribution in [0.5, 0.6) is 5.75 Å². The molecule has 0 aliphatic heterocycles. The summed E-state index contributed by atoms with van der Waals surface area (Å²) in [5, 5.41) is 22.1. The number of nitrogens with one attached hydrogen (secondary N) is 1. The van der Waals surface area contributed by atoms with Crippen molar-refractivity contribution < 1.29 is 55.6 Å². The van der Waals surface area contributed by atoms with E-state index < -0.39 is 17.6 Å².